The van der Waals surface area contributed by atoms with E-state index >= 15 is 0 Å². The van der Waals surface area contributed by atoms with Crippen LogP contribution in [0.2, 0.25) is 0 Å². The molecule has 0 atom stereocenters. The fourth-order valence-electron chi connectivity index (χ4n) is 4.92. The van der Waals surface area contributed by atoms with Crippen LogP contribution in [0, 0.1) is 5.92 Å². The quantitative estimate of drug-likeness (QED) is 0.240. The number of aromatic nitrogens is 2. The van der Waals surface area contributed by atoms with E-state index in [9.17, 15) is 0 Å². The second-order valence-electron chi connectivity index (χ2n) is 9.21. The van der Waals surface area contributed by atoms with E-state index < -0.39 is 0 Å². The second-order valence-corrected chi connectivity index (χ2v) is 9.21. The fourth-order valence-corrected chi connectivity index (χ4v) is 4.92. The van der Waals surface area contributed by atoms with E-state index in [4.69, 9.17) is 0 Å². The van der Waals surface area contributed by atoms with Gasteiger partial charge in [-0.2, -0.15) is 4.57 Å². The molecule has 1 aliphatic rings. The Kier molecular flexibility index (Phi) is 8.27. The average Bonchev–Trinajstić information content (AvgIpc) is 3.35. The molecule has 0 amide bonds. The highest BCUT2D eigenvalue weighted by Crippen LogP contribution is 2.29. The van der Waals surface area contributed by atoms with Crippen LogP contribution >= 0.6 is 0 Å². The predicted molar refractivity (Wildman–Crippen MR) is 128 cm³/mol. The number of aryl methyl sites for hydroxylation is 1. The molecule has 0 bridgehead atoms. The van der Waals surface area contributed by atoms with E-state index in [1.807, 2.05) is 0 Å². The van der Waals surface area contributed by atoms with Crippen molar-refractivity contribution in [3.8, 4) is 16.8 Å². The predicted octanol–water partition coefficient (Wildman–Crippen LogP) is 6.84. The summed E-state index contributed by atoms with van der Waals surface area (Å²) in [6.45, 7) is 1.13. The van der Waals surface area contributed by atoms with Gasteiger partial charge in [-0.1, -0.05) is 76.0 Å². The topological polar surface area (TPSA) is 7.76 Å². The van der Waals surface area contributed by atoms with E-state index in [1.165, 1.54) is 87.4 Å². The first-order chi connectivity index (χ1) is 15.4. The zero-order chi connectivity index (χ0) is 21.1. The first kappa shape index (κ1) is 21.7. The van der Waals surface area contributed by atoms with Crippen molar-refractivity contribution in [3.63, 3.8) is 0 Å². The highest BCUT2D eigenvalue weighted by Gasteiger charge is 2.13. The SMILES string of the molecule is c1ccc(-[n+]2ccc(-c3cc[n+](CCCCCCCCC4CCCC4)cc3)cc2)cc1. The highest BCUT2D eigenvalue weighted by molar-refractivity contribution is 5.61. The van der Waals surface area contributed by atoms with Crippen molar-refractivity contribution in [3.05, 3.63) is 79.4 Å². The van der Waals surface area contributed by atoms with Crippen molar-refractivity contribution in [1.82, 2.24) is 0 Å². The molecule has 0 N–H and O–H groups in total. The number of unbranched alkanes of at least 4 members (excludes halogenated alkanes) is 5. The van der Waals surface area contributed by atoms with Gasteiger partial charge in [0.25, 0.3) is 0 Å². The minimum absolute atomic E-state index is 1.07. The van der Waals surface area contributed by atoms with E-state index in [-0.39, 0.29) is 0 Å². The standard InChI is InChI=1S/C29H38N2/c1(3-6-12-26-13-9-10-14-26)2-4-11-21-30-22-17-27(18-23-30)28-19-24-31(25-20-28)29-15-7-5-8-16-29/h5,7-8,15-20,22-26H,1-4,6,9-14,21H2/q+2. The van der Waals surface area contributed by atoms with Gasteiger partial charge in [0.2, 0.25) is 5.69 Å². The van der Waals surface area contributed by atoms with Gasteiger partial charge in [-0.25, -0.2) is 4.57 Å². The summed E-state index contributed by atoms with van der Waals surface area (Å²) in [6, 6.07) is 19.3. The summed E-state index contributed by atoms with van der Waals surface area (Å²) in [6.07, 6.45) is 24.6. The molecule has 1 saturated carbocycles. The van der Waals surface area contributed by atoms with Crippen molar-refractivity contribution in [2.24, 2.45) is 5.92 Å². The zero-order valence-corrected chi connectivity index (χ0v) is 19.0. The lowest BCUT2D eigenvalue weighted by Crippen LogP contribution is -2.32. The number of para-hydroxylation sites is 1. The Labute approximate surface area is 188 Å². The molecular weight excluding hydrogens is 376 g/mol. The molecule has 0 aliphatic heterocycles. The van der Waals surface area contributed by atoms with Gasteiger partial charge in [0, 0.05) is 42.8 Å². The summed E-state index contributed by atoms with van der Waals surface area (Å²) in [5.74, 6) is 1.07. The van der Waals surface area contributed by atoms with Crippen LogP contribution in [0.15, 0.2) is 79.4 Å². The molecule has 162 valence electrons. The van der Waals surface area contributed by atoms with Crippen LogP contribution in [0.25, 0.3) is 16.8 Å². The zero-order valence-electron chi connectivity index (χ0n) is 19.0. The third-order valence-electron chi connectivity index (χ3n) is 6.86. The van der Waals surface area contributed by atoms with Gasteiger partial charge in [-0.05, 0) is 23.5 Å². The second kappa shape index (κ2) is 11.8. The number of rotatable bonds is 11. The molecule has 4 rings (SSSR count). The maximum absolute atomic E-state index is 2.33. The van der Waals surface area contributed by atoms with Gasteiger partial charge in [0.1, 0.15) is 6.54 Å². The summed E-state index contributed by atoms with van der Waals surface area (Å²) < 4.78 is 4.48. The summed E-state index contributed by atoms with van der Waals surface area (Å²) in [4.78, 5) is 0. The number of hydrogen-bond donors (Lipinski definition) is 0. The third kappa shape index (κ3) is 6.75. The molecule has 2 nitrogen and oxygen atoms in total. The molecule has 31 heavy (non-hydrogen) atoms. The lowest BCUT2D eigenvalue weighted by atomic mass is 9.99. The van der Waals surface area contributed by atoms with E-state index in [1.54, 1.807) is 0 Å². The van der Waals surface area contributed by atoms with E-state index in [0.717, 1.165) is 12.5 Å². The number of hydrogen-bond acceptors (Lipinski definition) is 0. The van der Waals surface area contributed by atoms with E-state index in [2.05, 4.69) is 88.5 Å². The Morgan fingerprint density at radius 2 is 1.19 bits per heavy atom. The Bertz CT molecular complexity index is 878. The molecule has 2 aromatic heterocycles. The average molecular weight is 415 g/mol. The van der Waals surface area contributed by atoms with Crippen molar-refractivity contribution in [1.29, 1.82) is 0 Å². The monoisotopic (exact) mass is 414 g/mol. The molecule has 1 aromatic carbocycles. The number of pyridine rings is 2. The Morgan fingerprint density at radius 1 is 0.613 bits per heavy atom. The third-order valence-corrected chi connectivity index (χ3v) is 6.86. The molecule has 0 radical (unpaired) electrons. The highest BCUT2D eigenvalue weighted by atomic mass is 14.9. The summed E-state index contributed by atoms with van der Waals surface area (Å²) in [5.41, 5.74) is 3.73. The van der Waals surface area contributed by atoms with E-state index in [0.29, 0.717) is 0 Å². The lowest BCUT2D eigenvalue weighted by Gasteiger charge is -2.07. The normalized spacial score (nSPS) is 14.2. The Morgan fingerprint density at radius 3 is 1.87 bits per heavy atom. The van der Waals surface area contributed by atoms with Crippen molar-refractivity contribution in [2.75, 3.05) is 0 Å². The van der Waals surface area contributed by atoms with Crippen molar-refractivity contribution in [2.45, 2.75) is 77.2 Å². The van der Waals surface area contributed by atoms with Gasteiger partial charge in [0.15, 0.2) is 24.8 Å². The van der Waals surface area contributed by atoms with Crippen LogP contribution in [-0.4, -0.2) is 0 Å². The van der Waals surface area contributed by atoms with Gasteiger partial charge < -0.3 is 0 Å². The fraction of sp³-hybridized carbons (Fsp3) is 0.448. The van der Waals surface area contributed by atoms with Crippen LogP contribution < -0.4 is 9.13 Å². The Balaban J connectivity index is 1.15. The van der Waals surface area contributed by atoms with Crippen molar-refractivity contribution >= 4 is 0 Å². The lowest BCUT2D eigenvalue weighted by molar-refractivity contribution is -0.697. The minimum Gasteiger partial charge on any atom is -0.205 e. The molecule has 0 saturated heterocycles. The smallest absolute Gasteiger partial charge is 0.205 e. The number of nitrogens with zero attached hydrogens (tertiary/aromatic N) is 2. The van der Waals surface area contributed by atoms with Crippen LogP contribution in [-0.2, 0) is 6.54 Å². The molecule has 2 heteroatoms. The maximum Gasteiger partial charge on any atom is 0.210 e. The van der Waals surface area contributed by atoms with Crippen LogP contribution in [0.1, 0.15) is 70.6 Å². The number of benzene rings is 1. The maximum atomic E-state index is 2.33. The summed E-state index contributed by atoms with van der Waals surface area (Å²) in [5, 5.41) is 0. The first-order valence-electron chi connectivity index (χ1n) is 12.4. The van der Waals surface area contributed by atoms with Gasteiger partial charge in [-0.3, -0.25) is 0 Å². The molecule has 3 aromatic rings. The van der Waals surface area contributed by atoms with Crippen LogP contribution in [0.4, 0.5) is 0 Å². The molecule has 0 spiro atoms. The molecule has 1 aliphatic carbocycles. The van der Waals surface area contributed by atoms with Crippen LogP contribution in [0.3, 0.4) is 0 Å². The minimum atomic E-state index is 1.07. The molecule has 0 unspecified atom stereocenters. The van der Waals surface area contributed by atoms with Gasteiger partial charge in [0.05, 0.1) is 0 Å². The Hall–Kier alpha value is -2.48. The summed E-state index contributed by atoms with van der Waals surface area (Å²) in [7, 11) is 0. The first-order valence-corrected chi connectivity index (χ1v) is 12.4. The largest absolute Gasteiger partial charge is 0.210 e. The van der Waals surface area contributed by atoms with Crippen LogP contribution in [0.5, 0.6) is 0 Å². The van der Waals surface area contributed by atoms with Gasteiger partial charge >= 0.3 is 0 Å². The summed E-state index contributed by atoms with van der Waals surface area (Å²) >= 11 is 0. The molecule has 1 fully saturated rings. The molecule has 2 heterocycles. The van der Waals surface area contributed by atoms with Gasteiger partial charge in [-0.15, -0.1) is 0 Å². The molecular formula is C29H38N2+2. The van der Waals surface area contributed by atoms with Crippen molar-refractivity contribution < 1.29 is 9.13 Å².